The fourth-order valence-electron chi connectivity index (χ4n) is 3.76. The van der Waals surface area contributed by atoms with E-state index in [0.717, 1.165) is 6.42 Å². The molecule has 0 N–H and O–H groups in total. The van der Waals surface area contributed by atoms with Gasteiger partial charge in [0.2, 0.25) is 0 Å². The Morgan fingerprint density at radius 3 is 1.33 bits per heavy atom. The Labute approximate surface area is 198 Å². The monoisotopic (exact) mass is 454 g/mol. The van der Waals surface area contributed by atoms with Gasteiger partial charge in [-0.15, -0.1) is 0 Å². The Morgan fingerprint density at radius 2 is 1.04 bits per heavy atom. The van der Waals surface area contributed by atoms with Crippen molar-refractivity contribution in [2.45, 2.75) is 47.0 Å². The Bertz CT molecular complexity index is 730. The van der Waals surface area contributed by atoms with Gasteiger partial charge in [0.15, 0.2) is 0 Å². The van der Waals surface area contributed by atoms with Crippen LogP contribution in [0.2, 0.25) is 0 Å². The Kier molecular flexibility index (Phi) is 12.9. The molecule has 0 fully saturated rings. The third-order valence-corrected chi connectivity index (χ3v) is 4.49. The molecule has 0 atom stereocenters. The van der Waals surface area contributed by atoms with Crippen LogP contribution in [0.3, 0.4) is 0 Å². The summed E-state index contributed by atoms with van der Waals surface area (Å²) in [5.74, 6) is 0.306. The quantitative estimate of drug-likeness (QED) is 0.345. The van der Waals surface area contributed by atoms with Gasteiger partial charge in [-0.2, -0.15) is 5.57 Å². The van der Waals surface area contributed by atoms with E-state index in [1.165, 1.54) is 44.5 Å². The summed E-state index contributed by atoms with van der Waals surface area (Å²) >= 11 is 0. The summed E-state index contributed by atoms with van der Waals surface area (Å²) in [6, 6.07) is 13.8. The smallest absolute Gasteiger partial charge is 1.00 e. The molecule has 0 spiro atoms. The summed E-state index contributed by atoms with van der Waals surface area (Å²) in [4.78, 5) is 0. The number of rotatable bonds is 3. The third kappa shape index (κ3) is 7.11. The summed E-state index contributed by atoms with van der Waals surface area (Å²) in [6.07, 6.45) is 6.90. The predicted octanol–water partition coefficient (Wildman–Crippen LogP) is -2.86. The second-order valence-corrected chi connectivity index (χ2v) is 7.02. The van der Waals surface area contributed by atoms with E-state index in [1.54, 1.807) is 0 Å². The minimum absolute atomic E-state index is 0. The number of hydrogen-bond donors (Lipinski definition) is 0. The van der Waals surface area contributed by atoms with Gasteiger partial charge in [-0.05, 0) is 38.8 Å². The zero-order valence-corrected chi connectivity index (χ0v) is 20.3. The second kappa shape index (κ2) is 12.1. The Morgan fingerprint density at radius 1 is 0.667 bits per heavy atom. The maximum atomic E-state index is 3.61. The Balaban J connectivity index is 0. The molecule has 0 unspecified atom stereocenters. The topological polar surface area (TPSA) is 0 Å². The molecule has 4 heteroatoms. The van der Waals surface area contributed by atoms with Crippen molar-refractivity contribution in [3.05, 3.63) is 93.1 Å². The minimum atomic E-state index is 0. The van der Waals surface area contributed by atoms with Crippen LogP contribution >= 0.6 is 0 Å². The van der Waals surface area contributed by atoms with Gasteiger partial charge in [0.05, 0.1) is 0 Å². The normalized spacial score (nSPS) is 12.1. The summed E-state index contributed by atoms with van der Waals surface area (Å²) in [7, 11) is 0. The fourth-order valence-corrected chi connectivity index (χ4v) is 3.76. The minimum Gasteiger partial charge on any atom is -1.00 e. The molecule has 0 bridgehead atoms. The van der Waals surface area contributed by atoms with E-state index in [0.29, 0.717) is 5.92 Å². The number of hydrogen-bond acceptors (Lipinski definition) is 0. The van der Waals surface area contributed by atoms with Gasteiger partial charge in [0, 0.05) is 5.92 Å². The Hall–Kier alpha value is -0.496. The molecule has 3 rings (SSSR count). The van der Waals surface area contributed by atoms with Crippen molar-refractivity contribution >= 4 is 0 Å². The summed E-state index contributed by atoms with van der Waals surface area (Å²) in [6.45, 7) is 10.9. The van der Waals surface area contributed by atoms with Gasteiger partial charge in [0.1, 0.15) is 0 Å². The van der Waals surface area contributed by atoms with E-state index in [4.69, 9.17) is 0 Å². The van der Waals surface area contributed by atoms with Crippen molar-refractivity contribution in [1.82, 2.24) is 0 Å². The van der Waals surface area contributed by atoms with Crippen LogP contribution in [0.4, 0.5) is 0 Å². The van der Waals surface area contributed by atoms with Crippen molar-refractivity contribution in [2.75, 3.05) is 0 Å². The molecule has 0 radical (unpaired) electrons. The molecule has 2 aromatic rings. The maximum absolute atomic E-state index is 3.61. The first-order valence-corrected chi connectivity index (χ1v) is 8.38. The van der Waals surface area contributed by atoms with E-state index in [-0.39, 0.29) is 58.9 Å². The largest absolute Gasteiger partial charge is 4.00 e. The van der Waals surface area contributed by atoms with Crippen molar-refractivity contribution in [1.29, 1.82) is 0 Å². The van der Waals surface area contributed by atoms with Gasteiger partial charge in [-0.25, -0.2) is 17.7 Å². The molecule has 2 aromatic carbocycles. The first-order valence-electron chi connectivity index (χ1n) is 8.38. The van der Waals surface area contributed by atoms with E-state index >= 15 is 0 Å². The van der Waals surface area contributed by atoms with Gasteiger partial charge < -0.3 is 37.2 Å². The molecule has 27 heavy (non-hydrogen) atoms. The van der Waals surface area contributed by atoms with Gasteiger partial charge in [-0.3, -0.25) is 0 Å². The van der Waals surface area contributed by atoms with Crippen LogP contribution in [-0.2, 0) is 21.7 Å². The molecule has 0 saturated heterocycles. The van der Waals surface area contributed by atoms with Crippen LogP contribution in [0.5, 0.6) is 0 Å². The number of benzene rings is 2. The number of aryl methyl sites for hydroxylation is 4. The maximum Gasteiger partial charge on any atom is 4.00 e. The van der Waals surface area contributed by atoms with E-state index in [2.05, 4.69) is 83.2 Å². The molecule has 0 nitrogen and oxygen atoms in total. The SMILES string of the molecule is CC1=CCC(C(c2cc(C)cc(C)c2)c2cc(C)cc(C)c2)=[C-]1.[Cl-].[Cl-].[Cl-].[Ti+4]. The molecule has 142 valence electrons. The van der Waals surface area contributed by atoms with Gasteiger partial charge >= 0.3 is 21.7 Å². The van der Waals surface area contributed by atoms with E-state index in [9.17, 15) is 0 Å². The average Bonchev–Trinajstić information content (AvgIpc) is 2.83. The van der Waals surface area contributed by atoms with Crippen LogP contribution < -0.4 is 37.2 Å². The number of allylic oxidation sites excluding steroid dienone is 4. The fraction of sp³-hybridized carbons (Fsp3) is 0.304. The predicted molar refractivity (Wildman–Crippen MR) is 98.8 cm³/mol. The van der Waals surface area contributed by atoms with E-state index in [1.807, 2.05) is 0 Å². The average molecular weight is 456 g/mol. The summed E-state index contributed by atoms with van der Waals surface area (Å²) in [5.41, 5.74) is 10.7. The molecule has 0 amide bonds. The molecule has 0 aromatic heterocycles. The van der Waals surface area contributed by atoms with Crippen molar-refractivity contribution < 1.29 is 58.9 Å². The van der Waals surface area contributed by atoms with Crippen LogP contribution in [-0.4, -0.2) is 0 Å². The summed E-state index contributed by atoms with van der Waals surface area (Å²) < 4.78 is 0. The molecule has 0 saturated carbocycles. The molecule has 1 aliphatic carbocycles. The van der Waals surface area contributed by atoms with Gasteiger partial charge in [0.25, 0.3) is 0 Å². The third-order valence-electron chi connectivity index (χ3n) is 4.49. The first kappa shape index (κ1) is 28.7. The van der Waals surface area contributed by atoms with Crippen LogP contribution in [0.1, 0.15) is 52.6 Å². The standard InChI is InChI=1S/C23H25.3ClH.Ti/c1-15-6-7-20(10-15)23(21-11-16(2)8-17(3)12-21)22-13-18(4)9-19(5)14-22;;;;/h6,8-9,11-14,23H,7H2,1-5H3;3*1H;/q-1;;;;+4/p-3. The first-order chi connectivity index (χ1) is 10.9. The van der Waals surface area contributed by atoms with Crippen LogP contribution in [0, 0.1) is 33.8 Å². The van der Waals surface area contributed by atoms with Crippen molar-refractivity contribution in [3.8, 4) is 0 Å². The molecular formula is C23H25Cl3Ti. The van der Waals surface area contributed by atoms with Crippen molar-refractivity contribution in [3.63, 3.8) is 0 Å². The van der Waals surface area contributed by atoms with E-state index < -0.39 is 0 Å². The molecular weight excluding hydrogens is 430 g/mol. The number of halogens is 3. The zero-order chi connectivity index (χ0) is 16.6. The second-order valence-electron chi connectivity index (χ2n) is 7.02. The van der Waals surface area contributed by atoms with Crippen LogP contribution in [0.15, 0.2) is 53.6 Å². The molecule has 0 aliphatic heterocycles. The van der Waals surface area contributed by atoms with Gasteiger partial charge in [-0.1, -0.05) is 72.0 Å². The van der Waals surface area contributed by atoms with Crippen molar-refractivity contribution in [2.24, 2.45) is 0 Å². The molecule has 0 heterocycles. The zero-order valence-electron chi connectivity index (χ0n) is 16.5. The molecule has 1 aliphatic rings. The van der Waals surface area contributed by atoms with Crippen LogP contribution in [0.25, 0.3) is 0 Å². The summed E-state index contributed by atoms with van der Waals surface area (Å²) in [5, 5.41) is 0.